The molecule has 0 amide bonds. The molecule has 102 valence electrons. The second-order valence-corrected chi connectivity index (χ2v) is 5.48. The van der Waals surface area contributed by atoms with Crippen LogP contribution in [0.2, 0.25) is 0 Å². The third-order valence-electron chi connectivity index (χ3n) is 4.00. The summed E-state index contributed by atoms with van der Waals surface area (Å²) in [5.41, 5.74) is 9.08. The highest BCUT2D eigenvalue weighted by atomic mass is 15.0. The second-order valence-electron chi connectivity index (χ2n) is 5.48. The number of aryl methyl sites for hydroxylation is 3. The van der Waals surface area contributed by atoms with Crippen LogP contribution in [0.4, 0.5) is 0 Å². The first-order valence-corrected chi connectivity index (χ1v) is 7.23. The van der Waals surface area contributed by atoms with Crippen molar-refractivity contribution in [2.45, 2.75) is 51.2 Å². The third kappa shape index (κ3) is 2.89. The first-order valence-electron chi connectivity index (χ1n) is 7.23. The Morgan fingerprint density at radius 1 is 1.21 bits per heavy atom. The van der Waals surface area contributed by atoms with Crippen molar-refractivity contribution in [1.29, 1.82) is 0 Å². The topological polar surface area (TPSA) is 48.8 Å². The molecule has 1 unspecified atom stereocenters. The molecular formula is C15H22N4. The van der Waals surface area contributed by atoms with E-state index in [-0.39, 0.29) is 6.04 Å². The zero-order chi connectivity index (χ0) is 13.1. The maximum atomic E-state index is 6.24. The lowest BCUT2D eigenvalue weighted by Crippen LogP contribution is -2.09. The van der Waals surface area contributed by atoms with Crippen LogP contribution >= 0.6 is 0 Å². The van der Waals surface area contributed by atoms with Crippen molar-refractivity contribution in [2.75, 3.05) is 0 Å². The van der Waals surface area contributed by atoms with Crippen molar-refractivity contribution in [3.05, 3.63) is 42.2 Å². The van der Waals surface area contributed by atoms with Gasteiger partial charge >= 0.3 is 0 Å². The predicted molar refractivity (Wildman–Crippen MR) is 75.8 cm³/mol. The third-order valence-corrected chi connectivity index (χ3v) is 4.00. The molecule has 0 aliphatic heterocycles. The van der Waals surface area contributed by atoms with E-state index in [9.17, 15) is 0 Å². The van der Waals surface area contributed by atoms with Crippen LogP contribution in [0.3, 0.4) is 0 Å². The number of aromatic nitrogens is 3. The van der Waals surface area contributed by atoms with Crippen molar-refractivity contribution in [1.82, 2.24) is 14.1 Å². The van der Waals surface area contributed by atoms with Crippen molar-refractivity contribution in [3.8, 4) is 0 Å². The van der Waals surface area contributed by atoms with Gasteiger partial charge in [-0.25, -0.2) is 4.98 Å². The average Bonchev–Trinajstić information content (AvgIpc) is 3.01. The molecule has 4 nitrogen and oxygen atoms in total. The molecule has 2 heterocycles. The summed E-state index contributed by atoms with van der Waals surface area (Å²) in [5, 5.41) is 0. The number of hydrogen-bond donors (Lipinski definition) is 1. The lowest BCUT2D eigenvalue weighted by Gasteiger charge is -2.07. The van der Waals surface area contributed by atoms with Gasteiger partial charge in [-0.3, -0.25) is 0 Å². The lowest BCUT2D eigenvalue weighted by molar-refractivity contribution is 0.558. The number of rotatable bonds is 4. The molecule has 0 bridgehead atoms. The molecule has 4 heteroatoms. The van der Waals surface area contributed by atoms with Gasteiger partial charge in [-0.2, -0.15) is 0 Å². The van der Waals surface area contributed by atoms with Gasteiger partial charge in [-0.1, -0.05) is 6.42 Å². The fourth-order valence-electron chi connectivity index (χ4n) is 2.94. The molecule has 1 aliphatic rings. The predicted octanol–water partition coefficient (Wildman–Crippen LogP) is 2.50. The van der Waals surface area contributed by atoms with Crippen molar-refractivity contribution < 1.29 is 0 Å². The molecule has 2 aromatic rings. The van der Waals surface area contributed by atoms with Gasteiger partial charge in [0, 0.05) is 43.9 Å². The van der Waals surface area contributed by atoms with Crippen LogP contribution in [-0.2, 0) is 19.5 Å². The van der Waals surface area contributed by atoms with Crippen LogP contribution in [0.25, 0.3) is 0 Å². The summed E-state index contributed by atoms with van der Waals surface area (Å²) < 4.78 is 4.44. The summed E-state index contributed by atoms with van der Waals surface area (Å²) in [6.45, 7) is 2.08. The van der Waals surface area contributed by atoms with Crippen LogP contribution < -0.4 is 5.73 Å². The van der Waals surface area contributed by atoms with E-state index >= 15 is 0 Å². The minimum Gasteiger partial charge on any atom is -0.354 e. The molecule has 2 aromatic heterocycles. The maximum Gasteiger partial charge on any atom is 0.0945 e. The molecule has 1 aliphatic carbocycles. The summed E-state index contributed by atoms with van der Waals surface area (Å²) in [5.74, 6) is 0. The summed E-state index contributed by atoms with van der Waals surface area (Å²) >= 11 is 0. The fraction of sp³-hybridized carbons (Fsp3) is 0.533. The lowest BCUT2D eigenvalue weighted by atomic mass is 10.1. The number of hydrogen-bond acceptors (Lipinski definition) is 2. The Balaban J connectivity index is 1.61. The van der Waals surface area contributed by atoms with Gasteiger partial charge in [0.1, 0.15) is 0 Å². The second kappa shape index (κ2) is 5.61. The molecule has 3 rings (SSSR count). The normalized spacial score (nSPS) is 19.1. The van der Waals surface area contributed by atoms with E-state index in [2.05, 4.69) is 26.5 Å². The number of fused-ring (bicyclic) bond motifs is 1. The molecule has 2 N–H and O–H groups in total. The van der Waals surface area contributed by atoms with E-state index in [0.29, 0.717) is 0 Å². The van der Waals surface area contributed by atoms with Crippen molar-refractivity contribution in [2.24, 2.45) is 5.73 Å². The van der Waals surface area contributed by atoms with Gasteiger partial charge in [-0.05, 0) is 36.8 Å². The molecule has 0 saturated carbocycles. The van der Waals surface area contributed by atoms with Crippen LogP contribution in [-0.4, -0.2) is 14.1 Å². The van der Waals surface area contributed by atoms with Gasteiger partial charge < -0.3 is 14.9 Å². The minimum atomic E-state index is 0.243. The van der Waals surface area contributed by atoms with Crippen LogP contribution in [0, 0.1) is 0 Å². The Morgan fingerprint density at radius 3 is 2.95 bits per heavy atom. The Bertz CT molecular complexity index is 512. The quantitative estimate of drug-likeness (QED) is 0.857. The fourth-order valence-corrected chi connectivity index (χ4v) is 2.94. The van der Waals surface area contributed by atoms with Gasteiger partial charge in [0.15, 0.2) is 0 Å². The molecular weight excluding hydrogens is 236 g/mol. The monoisotopic (exact) mass is 258 g/mol. The van der Waals surface area contributed by atoms with E-state index < -0.39 is 0 Å². The summed E-state index contributed by atoms with van der Waals surface area (Å²) in [4.78, 5) is 4.06. The molecule has 0 fully saturated rings. The Hall–Kier alpha value is -1.55. The standard InChI is InChI=1S/C15H22N4/c16-15-5-2-1-4-13-10-19(11-14(13)15)8-3-7-18-9-6-17-12-18/h6,9-12,15H,1-5,7-8,16H2. The molecule has 1 atom stereocenters. The van der Waals surface area contributed by atoms with E-state index in [0.717, 1.165) is 25.9 Å². The number of imidazole rings is 1. The highest BCUT2D eigenvalue weighted by Gasteiger charge is 2.16. The van der Waals surface area contributed by atoms with Crippen LogP contribution in [0.1, 0.15) is 42.9 Å². The highest BCUT2D eigenvalue weighted by Crippen LogP contribution is 2.27. The summed E-state index contributed by atoms with van der Waals surface area (Å²) in [6, 6.07) is 0.243. The van der Waals surface area contributed by atoms with Gasteiger partial charge in [0.2, 0.25) is 0 Å². The van der Waals surface area contributed by atoms with Crippen molar-refractivity contribution in [3.63, 3.8) is 0 Å². The maximum absolute atomic E-state index is 6.24. The van der Waals surface area contributed by atoms with E-state index in [1.54, 1.807) is 0 Å². The smallest absolute Gasteiger partial charge is 0.0945 e. The van der Waals surface area contributed by atoms with Gasteiger partial charge in [-0.15, -0.1) is 0 Å². The van der Waals surface area contributed by atoms with Crippen molar-refractivity contribution >= 4 is 0 Å². The summed E-state index contributed by atoms with van der Waals surface area (Å²) in [7, 11) is 0. The average molecular weight is 258 g/mol. The van der Waals surface area contributed by atoms with E-state index in [4.69, 9.17) is 5.73 Å². The SMILES string of the molecule is NC1CCCCc2cn(CCCn3ccnc3)cc21. The first-order chi connectivity index (χ1) is 9.33. The summed E-state index contributed by atoms with van der Waals surface area (Å²) in [6.07, 6.45) is 16.3. The largest absolute Gasteiger partial charge is 0.354 e. The number of nitrogens with two attached hydrogens (primary N) is 1. The Kier molecular flexibility index (Phi) is 3.69. The van der Waals surface area contributed by atoms with Crippen LogP contribution in [0.5, 0.6) is 0 Å². The van der Waals surface area contributed by atoms with Crippen LogP contribution in [0.15, 0.2) is 31.1 Å². The molecule has 0 saturated heterocycles. The van der Waals surface area contributed by atoms with E-state index in [1.165, 1.54) is 30.4 Å². The Morgan fingerprint density at radius 2 is 2.11 bits per heavy atom. The Labute approximate surface area is 114 Å². The van der Waals surface area contributed by atoms with Gasteiger partial charge in [0.25, 0.3) is 0 Å². The van der Waals surface area contributed by atoms with Gasteiger partial charge in [0.05, 0.1) is 6.33 Å². The zero-order valence-corrected chi connectivity index (χ0v) is 11.3. The first kappa shape index (κ1) is 12.5. The molecule has 0 radical (unpaired) electrons. The number of nitrogens with zero attached hydrogens (tertiary/aromatic N) is 3. The molecule has 0 spiro atoms. The highest BCUT2D eigenvalue weighted by molar-refractivity contribution is 5.28. The van der Waals surface area contributed by atoms with E-state index in [1.807, 2.05) is 18.7 Å². The molecule has 0 aromatic carbocycles. The minimum absolute atomic E-state index is 0.243. The molecule has 19 heavy (non-hydrogen) atoms. The zero-order valence-electron chi connectivity index (χ0n) is 11.3.